The molecule has 190 valence electrons. The molecule has 0 aromatic heterocycles. The molecule has 0 unspecified atom stereocenters. The van der Waals surface area contributed by atoms with Crippen LogP contribution in [-0.2, 0) is 8.85 Å². The van der Waals surface area contributed by atoms with Crippen LogP contribution >= 0.6 is 0 Å². The summed E-state index contributed by atoms with van der Waals surface area (Å²) in [5.41, 5.74) is 0.454. The molecule has 0 spiro atoms. The van der Waals surface area contributed by atoms with Crippen molar-refractivity contribution in [1.82, 2.24) is 0 Å². The summed E-state index contributed by atoms with van der Waals surface area (Å²) in [4.78, 5) is 0. The summed E-state index contributed by atoms with van der Waals surface area (Å²) in [7, 11) is -2.95. The highest BCUT2D eigenvalue weighted by atomic mass is 28.4. The molecule has 0 aliphatic carbocycles. The smallest absolute Gasteiger partial charge is 0.173 e. The Morgan fingerprint density at radius 1 is 0.613 bits per heavy atom. The highest BCUT2D eigenvalue weighted by Gasteiger charge is 2.35. The predicted molar refractivity (Wildman–Crippen MR) is 148 cm³/mol. The van der Waals surface area contributed by atoms with E-state index in [-0.39, 0.29) is 0 Å². The zero-order valence-electron chi connectivity index (χ0n) is 24.0. The van der Waals surface area contributed by atoms with Gasteiger partial charge in [-0.1, -0.05) is 81.1 Å². The SMILES string of the molecule is CCC(CC)C[Si](C)(C)O[Si](C)(C)CC(CC)CC.CCCOCC(CC)(CC)CC. The molecule has 0 aliphatic rings. The third-order valence-electron chi connectivity index (χ3n) is 7.43. The molecule has 0 aromatic rings. The van der Waals surface area contributed by atoms with E-state index < -0.39 is 16.6 Å². The Kier molecular flexibility index (Phi) is 19.2. The zero-order valence-corrected chi connectivity index (χ0v) is 26.0. The Morgan fingerprint density at radius 2 is 0.968 bits per heavy atom. The van der Waals surface area contributed by atoms with Gasteiger partial charge in [-0.25, -0.2) is 0 Å². The summed E-state index contributed by atoms with van der Waals surface area (Å²) in [6, 6.07) is 2.69. The molecule has 0 fully saturated rings. The van der Waals surface area contributed by atoms with Crippen molar-refractivity contribution in [2.75, 3.05) is 13.2 Å². The third-order valence-corrected chi connectivity index (χ3v) is 15.0. The van der Waals surface area contributed by atoms with E-state index in [0.717, 1.165) is 31.5 Å². The molecular weight excluding hydrogens is 412 g/mol. The van der Waals surface area contributed by atoms with Gasteiger partial charge in [-0.05, 0) is 81.2 Å². The first kappa shape index (κ1) is 33.5. The van der Waals surface area contributed by atoms with Crippen LogP contribution in [0.25, 0.3) is 0 Å². The molecule has 0 bridgehead atoms. The molecule has 0 atom stereocenters. The summed E-state index contributed by atoms with van der Waals surface area (Å²) >= 11 is 0. The zero-order chi connectivity index (χ0) is 24.6. The van der Waals surface area contributed by atoms with Crippen LogP contribution < -0.4 is 0 Å². The number of ether oxygens (including phenoxy) is 1. The van der Waals surface area contributed by atoms with E-state index in [9.17, 15) is 0 Å². The molecule has 4 heteroatoms. The largest absolute Gasteiger partial charge is 0.455 e. The molecule has 0 aliphatic heterocycles. The minimum absolute atomic E-state index is 0.454. The Morgan fingerprint density at radius 3 is 1.23 bits per heavy atom. The van der Waals surface area contributed by atoms with E-state index >= 15 is 0 Å². The number of hydrogen-bond acceptors (Lipinski definition) is 2. The lowest BCUT2D eigenvalue weighted by molar-refractivity contribution is 0.0356. The number of hydrogen-bond donors (Lipinski definition) is 0. The average molecular weight is 475 g/mol. The molecule has 31 heavy (non-hydrogen) atoms. The van der Waals surface area contributed by atoms with Gasteiger partial charge in [-0.15, -0.1) is 0 Å². The quantitative estimate of drug-likeness (QED) is 0.154. The molecule has 0 N–H and O–H groups in total. The van der Waals surface area contributed by atoms with Gasteiger partial charge in [0.1, 0.15) is 0 Å². The highest BCUT2D eigenvalue weighted by molar-refractivity contribution is 6.84. The molecule has 0 amide bonds. The molecule has 2 nitrogen and oxygen atoms in total. The monoisotopic (exact) mass is 474 g/mol. The van der Waals surface area contributed by atoms with Crippen LogP contribution in [0.1, 0.15) is 107 Å². The van der Waals surface area contributed by atoms with Gasteiger partial charge >= 0.3 is 0 Å². The molecule has 0 saturated heterocycles. The van der Waals surface area contributed by atoms with Crippen LogP contribution in [0.4, 0.5) is 0 Å². The van der Waals surface area contributed by atoms with Crippen molar-refractivity contribution in [2.24, 2.45) is 17.3 Å². The van der Waals surface area contributed by atoms with E-state index in [4.69, 9.17) is 8.85 Å². The normalized spacial score (nSPS) is 13.0. The van der Waals surface area contributed by atoms with Crippen molar-refractivity contribution in [3.8, 4) is 0 Å². The second-order valence-corrected chi connectivity index (χ2v) is 19.7. The molecule has 0 rings (SSSR count). The molecule has 0 radical (unpaired) electrons. The van der Waals surface area contributed by atoms with E-state index in [1.165, 1.54) is 57.0 Å². The maximum Gasteiger partial charge on any atom is 0.173 e. The maximum atomic E-state index is 6.77. The van der Waals surface area contributed by atoms with Crippen LogP contribution in [0.2, 0.25) is 38.3 Å². The summed E-state index contributed by atoms with van der Waals surface area (Å²) in [5.74, 6) is 1.75. The fourth-order valence-corrected chi connectivity index (χ4v) is 15.5. The average Bonchev–Trinajstić information content (AvgIpc) is 2.73. The Labute approximate surface area is 200 Å². The van der Waals surface area contributed by atoms with Gasteiger partial charge in [0, 0.05) is 6.61 Å². The van der Waals surface area contributed by atoms with Gasteiger partial charge in [-0.2, -0.15) is 0 Å². The summed E-state index contributed by atoms with van der Waals surface area (Å²) in [6.45, 7) is 29.9. The van der Waals surface area contributed by atoms with Gasteiger partial charge in [0.2, 0.25) is 0 Å². The van der Waals surface area contributed by atoms with Crippen LogP contribution in [0.15, 0.2) is 0 Å². The standard InChI is InChI=1S/C16H38OSi2.C11H24O/c1-9-15(10-2)13-18(5,6)17-19(7,8)14-16(11-3)12-4;1-5-9-12-10-11(6-2,7-3)8-4/h15-16H,9-14H2,1-8H3;5-10H2,1-4H3. The number of rotatable bonds is 17. The van der Waals surface area contributed by atoms with E-state index in [0.29, 0.717) is 5.41 Å². The maximum absolute atomic E-state index is 6.77. The molecule has 0 aromatic carbocycles. The van der Waals surface area contributed by atoms with E-state index in [1.807, 2.05) is 0 Å². The predicted octanol–water partition coefficient (Wildman–Crippen LogP) is 9.91. The van der Waals surface area contributed by atoms with E-state index in [1.54, 1.807) is 0 Å². The van der Waals surface area contributed by atoms with Crippen molar-refractivity contribution in [2.45, 2.75) is 145 Å². The van der Waals surface area contributed by atoms with Gasteiger partial charge in [-0.3, -0.25) is 0 Å². The summed E-state index contributed by atoms with van der Waals surface area (Å²) < 4.78 is 12.4. The van der Waals surface area contributed by atoms with Crippen molar-refractivity contribution in [1.29, 1.82) is 0 Å². The van der Waals surface area contributed by atoms with Gasteiger partial charge in [0.15, 0.2) is 16.6 Å². The fraction of sp³-hybridized carbons (Fsp3) is 1.00. The minimum Gasteiger partial charge on any atom is -0.455 e. The Hall–Kier alpha value is 0.354. The van der Waals surface area contributed by atoms with Crippen LogP contribution in [0.3, 0.4) is 0 Å². The second kappa shape index (κ2) is 17.8. The van der Waals surface area contributed by atoms with Gasteiger partial charge in [0.25, 0.3) is 0 Å². The van der Waals surface area contributed by atoms with Crippen molar-refractivity contribution < 1.29 is 8.85 Å². The van der Waals surface area contributed by atoms with Gasteiger partial charge < -0.3 is 8.85 Å². The molecule has 0 saturated carbocycles. The van der Waals surface area contributed by atoms with Crippen LogP contribution in [0, 0.1) is 17.3 Å². The molecular formula is C27H62O2Si2. The topological polar surface area (TPSA) is 18.5 Å². The third kappa shape index (κ3) is 15.8. The first-order valence-electron chi connectivity index (χ1n) is 13.7. The van der Waals surface area contributed by atoms with Crippen LogP contribution in [-0.4, -0.2) is 29.8 Å². The fourth-order valence-electron chi connectivity index (χ4n) is 4.87. The van der Waals surface area contributed by atoms with Gasteiger partial charge in [0.05, 0.1) is 6.61 Å². The molecule has 0 heterocycles. The first-order chi connectivity index (χ1) is 14.4. The lowest BCUT2D eigenvalue weighted by atomic mass is 9.81. The van der Waals surface area contributed by atoms with Crippen molar-refractivity contribution >= 4 is 16.6 Å². The lowest BCUT2D eigenvalue weighted by Gasteiger charge is -2.37. The summed E-state index contributed by atoms with van der Waals surface area (Å²) in [5, 5.41) is 0. The highest BCUT2D eigenvalue weighted by Crippen LogP contribution is 2.31. The van der Waals surface area contributed by atoms with Crippen molar-refractivity contribution in [3.05, 3.63) is 0 Å². The minimum atomic E-state index is -1.47. The lowest BCUT2D eigenvalue weighted by Crippen LogP contribution is -2.46. The Balaban J connectivity index is 0. The van der Waals surface area contributed by atoms with Crippen molar-refractivity contribution in [3.63, 3.8) is 0 Å². The van der Waals surface area contributed by atoms with E-state index in [2.05, 4.69) is 81.6 Å². The second-order valence-electron chi connectivity index (χ2n) is 11.0. The van der Waals surface area contributed by atoms with Crippen LogP contribution in [0.5, 0.6) is 0 Å². The Bertz CT molecular complexity index is 366. The first-order valence-corrected chi connectivity index (χ1v) is 19.9. The summed E-state index contributed by atoms with van der Waals surface area (Å²) in [6.07, 6.45) is 10.1.